The smallest absolute Gasteiger partial charge is 0.255 e. The van der Waals surface area contributed by atoms with Crippen molar-refractivity contribution in [3.63, 3.8) is 0 Å². The molecule has 10 nitrogen and oxygen atoms in total. The number of rotatable bonds is 9. The van der Waals surface area contributed by atoms with Crippen molar-refractivity contribution in [3.05, 3.63) is 107 Å². The Balaban J connectivity index is 1.45. The minimum Gasteiger partial charge on any atom is -0.322 e. The minimum atomic E-state index is -3.59. The quantitative estimate of drug-likeness (QED) is 0.267. The highest BCUT2D eigenvalue weighted by atomic mass is 32.2. The van der Waals surface area contributed by atoms with E-state index in [0.29, 0.717) is 22.5 Å². The number of sulfonamides is 2. The van der Waals surface area contributed by atoms with Crippen LogP contribution in [0.25, 0.3) is 11.1 Å². The molecule has 230 valence electrons. The fourth-order valence-corrected chi connectivity index (χ4v) is 6.14. The van der Waals surface area contributed by atoms with E-state index in [-0.39, 0.29) is 21.6 Å². The molecule has 0 radical (unpaired) electrons. The molecule has 0 aliphatic heterocycles. The second kappa shape index (κ2) is 12.7. The molecule has 44 heavy (non-hydrogen) atoms. The molecular weight excluding hydrogens is 601 g/mol. The predicted molar refractivity (Wildman–Crippen MR) is 172 cm³/mol. The normalized spacial score (nSPS) is 11.9. The van der Waals surface area contributed by atoms with Crippen molar-refractivity contribution in [1.82, 2.24) is 8.61 Å². The third kappa shape index (κ3) is 6.89. The van der Waals surface area contributed by atoms with Crippen molar-refractivity contribution in [1.29, 1.82) is 0 Å². The lowest BCUT2D eigenvalue weighted by Crippen LogP contribution is -2.22. The van der Waals surface area contributed by atoms with Crippen LogP contribution in [-0.4, -0.2) is 65.5 Å². The minimum absolute atomic E-state index is 0.104. The number of anilines is 2. The SMILES string of the molecule is Cc1cc(-c2ccc(NC(=O)c3ccc(S(=O)(=O)N(C)C)cc3)c(C)c2)ccc1NC(=O)c1ccc(S(=O)(=O)N(C)C)cc1. The van der Waals surface area contributed by atoms with E-state index < -0.39 is 20.0 Å². The van der Waals surface area contributed by atoms with Gasteiger partial charge in [-0.1, -0.05) is 12.1 Å². The van der Waals surface area contributed by atoms with E-state index in [1.165, 1.54) is 76.7 Å². The lowest BCUT2D eigenvalue weighted by molar-refractivity contribution is 0.101. The summed E-state index contributed by atoms with van der Waals surface area (Å²) in [6.45, 7) is 3.75. The van der Waals surface area contributed by atoms with Gasteiger partial charge in [0.05, 0.1) is 9.79 Å². The maximum absolute atomic E-state index is 12.8. The van der Waals surface area contributed by atoms with Gasteiger partial charge in [0.25, 0.3) is 11.8 Å². The summed E-state index contributed by atoms with van der Waals surface area (Å²) in [5.41, 5.74) is 5.38. The standard InChI is InChI=1S/C32H34N4O6S2/c1-21-19-25(11-17-29(21)33-31(37)23-7-13-27(14-8-23)43(39,40)35(3)4)26-12-18-30(22(2)20-26)34-32(38)24-9-15-28(16-10-24)44(41,42)36(5)6/h7-20H,1-6H3,(H,33,37)(H,34,38). The molecule has 4 aromatic carbocycles. The molecule has 0 fully saturated rings. The van der Waals surface area contributed by atoms with E-state index in [1.807, 2.05) is 38.1 Å². The Morgan fingerprint density at radius 2 is 0.841 bits per heavy atom. The van der Waals surface area contributed by atoms with Gasteiger partial charge in [-0.15, -0.1) is 0 Å². The molecule has 2 N–H and O–H groups in total. The van der Waals surface area contributed by atoms with Crippen molar-refractivity contribution in [3.8, 4) is 11.1 Å². The van der Waals surface area contributed by atoms with Crippen molar-refractivity contribution in [2.75, 3.05) is 38.8 Å². The van der Waals surface area contributed by atoms with Gasteiger partial charge < -0.3 is 10.6 Å². The van der Waals surface area contributed by atoms with Gasteiger partial charge in [-0.25, -0.2) is 25.4 Å². The summed E-state index contributed by atoms with van der Waals surface area (Å²) in [4.78, 5) is 25.9. The number of hydrogen-bond acceptors (Lipinski definition) is 6. The number of carbonyl (C=O) groups is 2. The zero-order valence-corrected chi connectivity index (χ0v) is 26.9. The van der Waals surface area contributed by atoms with Crippen LogP contribution in [0.4, 0.5) is 11.4 Å². The van der Waals surface area contributed by atoms with Gasteiger partial charge in [0.15, 0.2) is 0 Å². The monoisotopic (exact) mass is 634 g/mol. The van der Waals surface area contributed by atoms with Crippen LogP contribution in [-0.2, 0) is 20.0 Å². The summed E-state index contributed by atoms with van der Waals surface area (Å²) in [5.74, 6) is -0.723. The summed E-state index contributed by atoms with van der Waals surface area (Å²) in [7, 11) is -1.39. The molecule has 0 bridgehead atoms. The first-order chi connectivity index (χ1) is 20.6. The molecule has 12 heteroatoms. The fraction of sp³-hybridized carbons (Fsp3) is 0.188. The largest absolute Gasteiger partial charge is 0.322 e. The Bertz CT molecular complexity index is 1790. The highest BCUT2D eigenvalue weighted by Crippen LogP contribution is 2.29. The van der Waals surface area contributed by atoms with Gasteiger partial charge in [0.1, 0.15) is 0 Å². The maximum atomic E-state index is 12.8. The Morgan fingerprint density at radius 3 is 1.11 bits per heavy atom. The number of hydrogen-bond donors (Lipinski definition) is 2. The Morgan fingerprint density at radius 1 is 0.523 bits per heavy atom. The average Bonchev–Trinajstić information content (AvgIpc) is 2.99. The van der Waals surface area contributed by atoms with Gasteiger partial charge in [-0.2, -0.15) is 0 Å². The second-order valence-corrected chi connectivity index (χ2v) is 14.9. The van der Waals surface area contributed by atoms with Crippen molar-refractivity contribution >= 4 is 43.2 Å². The van der Waals surface area contributed by atoms with Crippen molar-refractivity contribution in [2.45, 2.75) is 23.6 Å². The molecule has 4 aromatic rings. The summed E-state index contributed by atoms with van der Waals surface area (Å²) >= 11 is 0. The molecule has 0 aliphatic carbocycles. The zero-order chi connectivity index (χ0) is 32.4. The summed E-state index contributed by atoms with van der Waals surface area (Å²) in [6.07, 6.45) is 0. The van der Waals surface area contributed by atoms with Gasteiger partial charge in [-0.05, 0) is 109 Å². The third-order valence-electron chi connectivity index (χ3n) is 7.07. The Kier molecular flexibility index (Phi) is 9.40. The van der Waals surface area contributed by atoms with Crippen LogP contribution in [0.1, 0.15) is 31.8 Å². The van der Waals surface area contributed by atoms with Gasteiger partial charge >= 0.3 is 0 Å². The van der Waals surface area contributed by atoms with Crippen LogP contribution in [0.3, 0.4) is 0 Å². The van der Waals surface area contributed by atoms with Crippen LogP contribution in [0.5, 0.6) is 0 Å². The summed E-state index contributed by atoms with van der Waals surface area (Å²) in [5, 5.41) is 5.76. The highest BCUT2D eigenvalue weighted by Gasteiger charge is 2.19. The fourth-order valence-electron chi connectivity index (χ4n) is 4.33. The van der Waals surface area contributed by atoms with Crippen LogP contribution < -0.4 is 10.6 Å². The predicted octanol–water partition coefficient (Wildman–Crippen LogP) is 4.98. The molecule has 0 saturated carbocycles. The molecule has 0 spiro atoms. The van der Waals surface area contributed by atoms with E-state index >= 15 is 0 Å². The summed E-state index contributed by atoms with van der Waals surface area (Å²) in [6, 6.07) is 22.8. The van der Waals surface area contributed by atoms with Crippen LogP contribution in [0.15, 0.2) is 94.7 Å². The van der Waals surface area contributed by atoms with Gasteiger partial charge in [-0.3, -0.25) is 9.59 Å². The molecule has 0 atom stereocenters. The first-order valence-corrected chi connectivity index (χ1v) is 16.4. The van der Waals surface area contributed by atoms with E-state index in [2.05, 4.69) is 10.6 Å². The molecule has 0 heterocycles. The van der Waals surface area contributed by atoms with Crippen LogP contribution in [0.2, 0.25) is 0 Å². The second-order valence-electron chi connectivity index (χ2n) is 10.6. The Labute approximate surface area is 258 Å². The van der Waals surface area contributed by atoms with Crippen molar-refractivity contribution < 1.29 is 26.4 Å². The molecule has 0 unspecified atom stereocenters. The number of amides is 2. The number of nitrogens with zero attached hydrogens (tertiary/aromatic N) is 2. The van der Waals surface area contributed by atoms with Crippen LogP contribution in [0, 0.1) is 13.8 Å². The maximum Gasteiger partial charge on any atom is 0.255 e. The van der Waals surface area contributed by atoms with Gasteiger partial charge in [0, 0.05) is 50.7 Å². The first-order valence-electron chi connectivity index (χ1n) is 13.5. The average molecular weight is 635 g/mol. The molecule has 0 saturated heterocycles. The molecular formula is C32H34N4O6S2. The number of carbonyl (C=O) groups excluding carboxylic acids is 2. The molecule has 0 aromatic heterocycles. The summed E-state index contributed by atoms with van der Waals surface area (Å²) < 4.78 is 51.4. The number of aryl methyl sites for hydroxylation is 2. The zero-order valence-electron chi connectivity index (χ0n) is 25.2. The van der Waals surface area contributed by atoms with Crippen LogP contribution >= 0.6 is 0 Å². The van der Waals surface area contributed by atoms with Gasteiger partial charge in [0.2, 0.25) is 20.0 Å². The Hall–Kier alpha value is -4.36. The number of benzene rings is 4. The molecule has 0 aliphatic rings. The van der Waals surface area contributed by atoms with E-state index in [4.69, 9.17) is 0 Å². The highest BCUT2D eigenvalue weighted by molar-refractivity contribution is 7.89. The first kappa shape index (κ1) is 32.6. The lowest BCUT2D eigenvalue weighted by atomic mass is 9.99. The molecule has 4 rings (SSSR count). The van der Waals surface area contributed by atoms with E-state index in [1.54, 1.807) is 12.1 Å². The number of nitrogens with one attached hydrogen (secondary N) is 2. The lowest BCUT2D eigenvalue weighted by Gasteiger charge is -2.14. The molecule has 2 amide bonds. The van der Waals surface area contributed by atoms with Crippen molar-refractivity contribution in [2.24, 2.45) is 0 Å². The third-order valence-corrected chi connectivity index (χ3v) is 10.7. The topological polar surface area (TPSA) is 133 Å². The van der Waals surface area contributed by atoms with E-state index in [0.717, 1.165) is 30.9 Å². The van der Waals surface area contributed by atoms with E-state index in [9.17, 15) is 26.4 Å².